The molecule has 0 saturated heterocycles. The van der Waals surface area contributed by atoms with Gasteiger partial charge < -0.3 is 4.57 Å². The summed E-state index contributed by atoms with van der Waals surface area (Å²) in [5.41, 5.74) is 2.61. The SMILES string of the molecule is Cc1cn(-c2ccc(S(=O)(=O)Cl)cc2C)cn1. The minimum atomic E-state index is -3.67. The Morgan fingerprint density at radius 1 is 1.29 bits per heavy atom. The van der Waals surface area contributed by atoms with E-state index >= 15 is 0 Å². The van der Waals surface area contributed by atoms with Gasteiger partial charge in [-0.3, -0.25) is 0 Å². The van der Waals surface area contributed by atoms with E-state index in [2.05, 4.69) is 4.98 Å². The molecule has 0 saturated carbocycles. The van der Waals surface area contributed by atoms with Crippen molar-refractivity contribution in [2.75, 3.05) is 0 Å². The molecule has 0 amide bonds. The number of rotatable bonds is 2. The van der Waals surface area contributed by atoms with E-state index in [0.717, 1.165) is 16.9 Å². The molecule has 0 radical (unpaired) electrons. The van der Waals surface area contributed by atoms with Crippen LogP contribution in [0.25, 0.3) is 5.69 Å². The molecule has 4 nitrogen and oxygen atoms in total. The molecule has 2 aromatic rings. The molecule has 0 bridgehead atoms. The molecule has 0 aliphatic rings. The number of hydrogen-bond acceptors (Lipinski definition) is 3. The van der Waals surface area contributed by atoms with E-state index in [9.17, 15) is 8.42 Å². The Labute approximate surface area is 104 Å². The maximum Gasteiger partial charge on any atom is 0.261 e. The van der Waals surface area contributed by atoms with E-state index in [-0.39, 0.29) is 4.90 Å². The fourth-order valence-corrected chi connectivity index (χ4v) is 2.46. The molecule has 0 atom stereocenters. The van der Waals surface area contributed by atoms with Crippen molar-refractivity contribution >= 4 is 19.7 Å². The number of aromatic nitrogens is 2. The van der Waals surface area contributed by atoms with Gasteiger partial charge in [0.25, 0.3) is 9.05 Å². The smallest absolute Gasteiger partial charge is 0.261 e. The van der Waals surface area contributed by atoms with Gasteiger partial charge in [-0.2, -0.15) is 0 Å². The van der Waals surface area contributed by atoms with Crippen LogP contribution in [0.3, 0.4) is 0 Å². The lowest BCUT2D eigenvalue weighted by molar-refractivity contribution is 0.609. The first-order valence-corrected chi connectivity index (χ1v) is 7.25. The molecule has 1 heterocycles. The number of hydrogen-bond donors (Lipinski definition) is 0. The lowest BCUT2D eigenvalue weighted by Crippen LogP contribution is -1.97. The van der Waals surface area contributed by atoms with E-state index in [4.69, 9.17) is 10.7 Å². The van der Waals surface area contributed by atoms with Crippen molar-refractivity contribution in [2.24, 2.45) is 0 Å². The summed E-state index contributed by atoms with van der Waals surface area (Å²) in [5, 5.41) is 0. The van der Waals surface area contributed by atoms with Crippen LogP contribution >= 0.6 is 10.7 Å². The average Bonchev–Trinajstić information content (AvgIpc) is 2.63. The second kappa shape index (κ2) is 4.16. The van der Waals surface area contributed by atoms with Crippen LogP contribution in [0, 0.1) is 13.8 Å². The third-order valence-corrected chi connectivity index (χ3v) is 3.79. The van der Waals surface area contributed by atoms with Gasteiger partial charge in [-0.05, 0) is 37.6 Å². The second-order valence-corrected chi connectivity index (χ2v) is 6.37. The number of aryl methyl sites for hydroxylation is 2. The molecular formula is C11H11ClN2O2S. The van der Waals surface area contributed by atoms with Crippen LogP contribution in [-0.4, -0.2) is 18.0 Å². The van der Waals surface area contributed by atoms with Crippen LogP contribution < -0.4 is 0 Å². The highest BCUT2D eigenvalue weighted by molar-refractivity contribution is 8.13. The molecule has 17 heavy (non-hydrogen) atoms. The molecule has 90 valence electrons. The fourth-order valence-electron chi connectivity index (χ4n) is 1.62. The summed E-state index contributed by atoms with van der Waals surface area (Å²) in [5.74, 6) is 0. The van der Waals surface area contributed by atoms with Crippen molar-refractivity contribution in [3.05, 3.63) is 42.0 Å². The first-order valence-electron chi connectivity index (χ1n) is 4.94. The van der Waals surface area contributed by atoms with Crippen LogP contribution in [0.5, 0.6) is 0 Å². The summed E-state index contributed by atoms with van der Waals surface area (Å²) in [7, 11) is 1.61. The van der Waals surface area contributed by atoms with Crippen molar-refractivity contribution in [2.45, 2.75) is 18.7 Å². The molecule has 0 unspecified atom stereocenters. The lowest BCUT2D eigenvalue weighted by Gasteiger charge is -2.07. The predicted molar refractivity (Wildman–Crippen MR) is 66.1 cm³/mol. The van der Waals surface area contributed by atoms with Gasteiger partial charge in [0.15, 0.2) is 0 Å². The summed E-state index contributed by atoms with van der Waals surface area (Å²) < 4.78 is 24.2. The van der Waals surface area contributed by atoms with Crippen LogP contribution in [-0.2, 0) is 9.05 Å². The Morgan fingerprint density at radius 2 is 2.00 bits per heavy atom. The van der Waals surface area contributed by atoms with Crippen molar-refractivity contribution < 1.29 is 8.42 Å². The summed E-state index contributed by atoms with van der Waals surface area (Å²) in [6.45, 7) is 3.72. The number of halogens is 1. The average molecular weight is 271 g/mol. The highest BCUT2D eigenvalue weighted by Gasteiger charge is 2.12. The van der Waals surface area contributed by atoms with Crippen LogP contribution in [0.4, 0.5) is 0 Å². The number of nitrogens with zero attached hydrogens (tertiary/aromatic N) is 2. The van der Waals surface area contributed by atoms with E-state index in [1.54, 1.807) is 18.5 Å². The van der Waals surface area contributed by atoms with Gasteiger partial charge >= 0.3 is 0 Å². The van der Waals surface area contributed by atoms with E-state index in [0.29, 0.717) is 0 Å². The molecule has 6 heteroatoms. The summed E-state index contributed by atoms with van der Waals surface area (Å²) >= 11 is 0. The topological polar surface area (TPSA) is 52.0 Å². The minimum absolute atomic E-state index is 0.109. The third-order valence-electron chi connectivity index (χ3n) is 2.44. The van der Waals surface area contributed by atoms with Crippen LogP contribution in [0.2, 0.25) is 0 Å². The number of imidazole rings is 1. The molecule has 0 spiro atoms. The highest BCUT2D eigenvalue weighted by Crippen LogP contribution is 2.21. The van der Waals surface area contributed by atoms with Gasteiger partial charge in [-0.1, -0.05) is 0 Å². The maximum atomic E-state index is 11.2. The van der Waals surface area contributed by atoms with Crippen LogP contribution in [0.1, 0.15) is 11.3 Å². The normalized spacial score (nSPS) is 11.7. The molecule has 1 aromatic carbocycles. The maximum absolute atomic E-state index is 11.2. The first kappa shape index (κ1) is 12.1. The highest BCUT2D eigenvalue weighted by atomic mass is 35.7. The second-order valence-electron chi connectivity index (χ2n) is 3.81. The molecule has 2 rings (SSSR count). The van der Waals surface area contributed by atoms with Crippen molar-refractivity contribution in [3.8, 4) is 5.69 Å². The Bertz CT molecular complexity index is 662. The Hall–Kier alpha value is -1.33. The zero-order valence-corrected chi connectivity index (χ0v) is 11.0. The van der Waals surface area contributed by atoms with Gasteiger partial charge in [0.05, 0.1) is 16.9 Å². The monoisotopic (exact) mass is 270 g/mol. The van der Waals surface area contributed by atoms with Gasteiger partial charge in [0, 0.05) is 22.6 Å². The first-order chi connectivity index (χ1) is 7.88. The number of benzene rings is 1. The van der Waals surface area contributed by atoms with Crippen molar-refractivity contribution in [1.82, 2.24) is 9.55 Å². The third kappa shape index (κ3) is 2.50. The zero-order valence-electron chi connectivity index (χ0n) is 9.38. The Kier molecular flexibility index (Phi) is 2.97. The Balaban J connectivity index is 2.53. The molecule has 0 aliphatic heterocycles. The molecule has 1 aromatic heterocycles. The molecular weight excluding hydrogens is 260 g/mol. The van der Waals surface area contributed by atoms with Crippen LogP contribution in [0.15, 0.2) is 35.6 Å². The Morgan fingerprint density at radius 3 is 2.47 bits per heavy atom. The van der Waals surface area contributed by atoms with Crippen molar-refractivity contribution in [1.29, 1.82) is 0 Å². The summed E-state index contributed by atoms with van der Waals surface area (Å²) in [6, 6.07) is 4.75. The predicted octanol–water partition coefficient (Wildman–Crippen LogP) is 2.42. The fraction of sp³-hybridized carbons (Fsp3) is 0.182. The van der Waals surface area contributed by atoms with E-state index < -0.39 is 9.05 Å². The van der Waals surface area contributed by atoms with E-state index in [1.165, 1.54) is 6.07 Å². The van der Waals surface area contributed by atoms with Gasteiger partial charge in [-0.25, -0.2) is 13.4 Å². The van der Waals surface area contributed by atoms with Gasteiger partial charge in [0.1, 0.15) is 0 Å². The van der Waals surface area contributed by atoms with Gasteiger partial charge in [0.2, 0.25) is 0 Å². The quantitative estimate of drug-likeness (QED) is 0.788. The zero-order chi connectivity index (χ0) is 12.6. The standard InChI is InChI=1S/C11H11ClN2O2S/c1-8-5-10(17(12,15)16)3-4-11(8)14-6-9(2)13-7-14/h3-7H,1-2H3. The minimum Gasteiger partial charge on any atom is -0.306 e. The summed E-state index contributed by atoms with van der Waals surface area (Å²) in [6.07, 6.45) is 3.56. The van der Waals surface area contributed by atoms with E-state index in [1.807, 2.05) is 24.6 Å². The molecule has 0 fully saturated rings. The molecule has 0 N–H and O–H groups in total. The largest absolute Gasteiger partial charge is 0.306 e. The molecule has 0 aliphatic carbocycles. The van der Waals surface area contributed by atoms with Gasteiger partial charge in [-0.15, -0.1) is 0 Å². The summed E-state index contributed by atoms with van der Waals surface area (Å²) in [4.78, 5) is 4.23. The van der Waals surface area contributed by atoms with Crippen molar-refractivity contribution in [3.63, 3.8) is 0 Å². The lowest BCUT2D eigenvalue weighted by atomic mass is 10.2.